The highest BCUT2D eigenvalue weighted by Gasteiger charge is 2.37. The van der Waals surface area contributed by atoms with Gasteiger partial charge < -0.3 is 10.6 Å². The van der Waals surface area contributed by atoms with Crippen LogP contribution >= 0.6 is 0 Å². The van der Waals surface area contributed by atoms with Crippen molar-refractivity contribution in [2.75, 3.05) is 13.1 Å². The summed E-state index contributed by atoms with van der Waals surface area (Å²) < 4.78 is 0. The molecule has 2 atom stereocenters. The van der Waals surface area contributed by atoms with Crippen molar-refractivity contribution in [1.82, 2.24) is 4.90 Å². The van der Waals surface area contributed by atoms with Crippen LogP contribution in [0.5, 0.6) is 0 Å². The molecule has 4 nitrogen and oxygen atoms in total. The van der Waals surface area contributed by atoms with Gasteiger partial charge in [-0.2, -0.15) is 5.26 Å². The number of hydrogen-bond donors (Lipinski definition) is 1. The number of nitrogens with zero attached hydrogens (tertiary/aromatic N) is 2. The third kappa shape index (κ3) is 1.73. The van der Waals surface area contributed by atoms with Crippen molar-refractivity contribution in [2.24, 2.45) is 17.6 Å². The Morgan fingerprint density at radius 2 is 2.21 bits per heavy atom. The van der Waals surface area contributed by atoms with Gasteiger partial charge in [-0.3, -0.25) is 4.79 Å². The molecule has 0 aromatic heterocycles. The molecular weight excluding hydrogens is 178 g/mol. The summed E-state index contributed by atoms with van der Waals surface area (Å²) in [5.74, 6) is 0.472. The maximum Gasteiger partial charge on any atom is 0.239 e. The van der Waals surface area contributed by atoms with Crippen molar-refractivity contribution in [3.63, 3.8) is 0 Å². The van der Waals surface area contributed by atoms with Crippen LogP contribution in [0.1, 0.15) is 19.3 Å². The van der Waals surface area contributed by atoms with Gasteiger partial charge >= 0.3 is 0 Å². The lowest BCUT2D eigenvalue weighted by Crippen LogP contribution is -2.43. The molecule has 0 aromatic rings. The van der Waals surface area contributed by atoms with Crippen LogP contribution < -0.4 is 5.73 Å². The van der Waals surface area contributed by atoms with Gasteiger partial charge in [-0.05, 0) is 25.2 Å². The highest BCUT2D eigenvalue weighted by atomic mass is 16.2. The third-order valence-corrected chi connectivity index (χ3v) is 3.10. The van der Waals surface area contributed by atoms with Gasteiger partial charge in [0.1, 0.15) is 0 Å². The average Bonchev–Trinajstić information content (AvgIpc) is 2.94. The number of likely N-dealkylation sites (tertiary alicyclic amines) is 1. The summed E-state index contributed by atoms with van der Waals surface area (Å²) in [5, 5.41) is 8.71. The maximum atomic E-state index is 11.8. The van der Waals surface area contributed by atoms with Crippen LogP contribution in [0.3, 0.4) is 0 Å². The number of rotatable bonds is 2. The van der Waals surface area contributed by atoms with Crippen molar-refractivity contribution < 1.29 is 4.79 Å². The average molecular weight is 193 g/mol. The van der Waals surface area contributed by atoms with Gasteiger partial charge in [0.15, 0.2) is 0 Å². The largest absolute Gasteiger partial charge is 0.340 e. The van der Waals surface area contributed by atoms with E-state index < -0.39 is 0 Å². The molecule has 0 aromatic carbocycles. The van der Waals surface area contributed by atoms with Crippen LogP contribution in [0.2, 0.25) is 0 Å². The highest BCUT2D eigenvalue weighted by molar-refractivity contribution is 5.82. The SMILES string of the molecule is N#C[C@H]1CCN(C(=O)[C@H](N)C2CC2)C1. The van der Waals surface area contributed by atoms with Crippen molar-refractivity contribution in [3.05, 3.63) is 0 Å². The first-order valence-corrected chi connectivity index (χ1v) is 5.16. The Labute approximate surface area is 83.7 Å². The smallest absolute Gasteiger partial charge is 0.239 e. The van der Waals surface area contributed by atoms with E-state index in [-0.39, 0.29) is 17.9 Å². The number of amides is 1. The number of hydrogen-bond acceptors (Lipinski definition) is 3. The second-order valence-electron chi connectivity index (χ2n) is 4.26. The maximum absolute atomic E-state index is 11.8. The Hall–Kier alpha value is -1.08. The molecule has 2 fully saturated rings. The summed E-state index contributed by atoms with van der Waals surface area (Å²) in [7, 11) is 0. The predicted octanol–water partition coefficient (Wildman–Crippen LogP) is 0.0958. The molecule has 76 valence electrons. The highest BCUT2D eigenvalue weighted by Crippen LogP contribution is 2.32. The number of nitriles is 1. The summed E-state index contributed by atoms with van der Waals surface area (Å²) in [5.41, 5.74) is 5.82. The monoisotopic (exact) mass is 193 g/mol. The first kappa shape index (κ1) is 9.47. The summed E-state index contributed by atoms with van der Waals surface area (Å²) in [6.07, 6.45) is 2.98. The Morgan fingerprint density at radius 1 is 1.50 bits per heavy atom. The predicted molar refractivity (Wildman–Crippen MR) is 51.0 cm³/mol. The minimum atomic E-state index is -0.313. The first-order valence-electron chi connectivity index (χ1n) is 5.16. The summed E-state index contributed by atoms with van der Waals surface area (Å²) in [6, 6.07) is 1.89. The molecule has 1 aliphatic heterocycles. The molecule has 1 heterocycles. The van der Waals surface area contributed by atoms with Crippen LogP contribution in [-0.4, -0.2) is 29.9 Å². The van der Waals surface area contributed by atoms with Gasteiger partial charge in [-0.25, -0.2) is 0 Å². The Kier molecular flexibility index (Phi) is 2.42. The van der Waals surface area contributed by atoms with E-state index in [9.17, 15) is 4.79 Å². The topological polar surface area (TPSA) is 70.1 Å². The van der Waals surface area contributed by atoms with Crippen molar-refractivity contribution in [2.45, 2.75) is 25.3 Å². The molecule has 1 aliphatic carbocycles. The first-order chi connectivity index (χ1) is 6.72. The van der Waals surface area contributed by atoms with E-state index in [0.29, 0.717) is 19.0 Å². The lowest BCUT2D eigenvalue weighted by Gasteiger charge is -2.19. The molecule has 0 bridgehead atoms. The Balaban J connectivity index is 1.89. The molecule has 1 amide bonds. The molecule has 0 unspecified atom stereocenters. The number of nitrogens with two attached hydrogens (primary N) is 1. The Morgan fingerprint density at radius 3 is 2.71 bits per heavy atom. The zero-order valence-electron chi connectivity index (χ0n) is 8.15. The fraction of sp³-hybridized carbons (Fsp3) is 0.800. The van der Waals surface area contributed by atoms with Crippen molar-refractivity contribution >= 4 is 5.91 Å². The number of carbonyl (C=O) groups is 1. The van der Waals surface area contributed by atoms with Crippen molar-refractivity contribution in [1.29, 1.82) is 5.26 Å². The molecule has 1 saturated carbocycles. The quantitative estimate of drug-likeness (QED) is 0.676. The molecule has 2 N–H and O–H groups in total. The molecule has 4 heteroatoms. The van der Waals surface area contributed by atoms with Crippen LogP contribution in [0, 0.1) is 23.2 Å². The van der Waals surface area contributed by atoms with Crippen molar-refractivity contribution in [3.8, 4) is 6.07 Å². The molecule has 2 aliphatic rings. The molecule has 0 spiro atoms. The fourth-order valence-electron chi connectivity index (χ4n) is 1.93. The van der Waals surface area contributed by atoms with Crippen LogP contribution in [0.15, 0.2) is 0 Å². The fourth-order valence-corrected chi connectivity index (χ4v) is 1.93. The van der Waals surface area contributed by atoms with E-state index in [0.717, 1.165) is 19.3 Å². The standard InChI is InChI=1S/C10H15N3O/c11-5-7-3-4-13(6-7)10(14)9(12)8-1-2-8/h7-9H,1-4,6,12H2/t7-,9-/m1/s1. The minimum absolute atomic E-state index is 0.0188. The molecule has 1 saturated heterocycles. The molecule has 2 rings (SSSR count). The zero-order chi connectivity index (χ0) is 10.1. The molecular formula is C10H15N3O. The van der Waals surface area contributed by atoms with E-state index in [1.807, 2.05) is 0 Å². The van der Waals surface area contributed by atoms with E-state index in [4.69, 9.17) is 11.0 Å². The number of carbonyl (C=O) groups excluding carboxylic acids is 1. The lowest BCUT2D eigenvalue weighted by atomic mass is 10.1. The van der Waals surface area contributed by atoms with Crippen LogP contribution in [-0.2, 0) is 4.79 Å². The Bertz CT molecular complexity index is 280. The van der Waals surface area contributed by atoms with Gasteiger partial charge in [0.05, 0.1) is 18.0 Å². The lowest BCUT2D eigenvalue weighted by molar-refractivity contribution is -0.132. The van der Waals surface area contributed by atoms with Gasteiger partial charge in [0, 0.05) is 13.1 Å². The van der Waals surface area contributed by atoms with Gasteiger partial charge in [-0.1, -0.05) is 0 Å². The summed E-state index contributed by atoms with van der Waals surface area (Å²) in [4.78, 5) is 13.5. The van der Waals surface area contributed by atoms with Gasteiger partial charge in [0.25, 0.3) is 0 Å². The summed E-state index contributed by atoms with van der Waals surface area (Å²) in [6.45, 7) is 1.28. The van der Waals surface area contributed by atoms with Gasteiger partial charge in [-0.15, -0.1) is 0 Å². The van der Waals surface area contributed by atoms with Gasteiger partial charge in [0.2, 0.25) is 5.91 Å². The zero-order valence-corrected chi connectivity index (χ0v) is 8.15. The van der Waals surface area contributed by atoms with E-state index in [1.165, 1.54) is 0 Å². The normalized spacial score (nSPS) is 28.6. The van der Waals surface area contributed by atoms with E-state index >= 15 is 0 Å². The molecule has 14 heavy (non-hydrogen) atoms. The van der Waals surface area contributed by atoms with E-state index in [1.54, 1.807) is 4.90 Å². The second kappa shape index (κ2) is 3.58. The second-order valence-corrected chi connectivity index (χ2v) is 4.26. The van der Waals surface area contributed by atoms with Crippen LogP contribution in [0.4, 0.5) is 0 Å². The third-order valence-electron chi connectivity index (χ3n) is 3.10. The van der Waals surface area contributed by atoms with E-state index in [2.05, 4.69) is 6.07 Å². The molecule has 0 radical (unpaired) electrons. The van der Waals surface area contributed by atoms with Crippen LogP contribution in [0.25, 0.3) is 0 Å². The summed E-state index contributed by atoms with van der Waals surface area (Å²) >= 11 is 0. The minimum Gasteiger partial charge on any atom is -0.340 e.